The molecule has 2 aromatic carbocycles. The first kappa shape index (κ1) is 22.6. The number of nitrogens with one attached hydrogen (secondary N) is 2. The van der Waals surface area contributed by atoms with Crippen molar-refractivity contribution in [3.63, 3.8) is 0 Å². The van der Waals surface area contributed by atoms with Crippen LogP contribution in [0.1, 0.15) is 40.1 Å². The molecule has 0 saturated heterocycles. The number of nitrogens with zero attached hydrogens (tertiary/aromatic N) is 1. The Morgan fingerprint density at radius 1 is 1.03 bits per heavy atom. The SMILES string of the molecule is COc1ccccc1CNC(=O)CN(Cc1ccc(C(=O)NC2CC2)cc1)Cc1ccco1. The van der Waals surface area contributed by atoms with Crippen LogP contribution in [0.25, 0.3) is 0 Å². The number of rotatable bonds is 11. The number of carbonyl (C=O) groups is 2. The summed E-state index contributed by atoms with van der Waals surface area (Å²) in [5.41, 5.74) is 2.59. The number of ether oxygens (including phenoxy) is 1. The molecular weight excluding hydrogens is 418 g/mol. The molecule has 172 valence electrons. The number of methoxy groups -OCH3 is 1. The second kappa shape index (κ2) is 10.8. The molecule has 0 atom stereocenters. The third-order valence-electron chi connectivity index (χ3n) is 5.53. The molecule has 1 heterocycles. The molecule has 1 saturated carbocycles. The first-order valence-electron chi connectivity index (χ1n) is 11.1. The van der Waals surface area contributed by atoms with E-state index in [4.69, 9.17) is 9.15 Å². The van der Waals surface area contributed by atoms with Crippen LogP contribution in [0.3, 0.4) is 0 Å². The molecule has 1 aromatic heterocycles. The van der Waals surface area contributed by atoms with E-state index in [1.807, 2.05) is 65.6 Å². The minimum Gasteiger partial charge on any atom is -0.496 e. The molecule has 1 fully saturated rings. The van der Waals surface area contributed by atoms with E-state index in [-0.39, 0.29) is 18.4 Å². The van der Waals surface area contributed by atoms with Crippen LogP contribution in [0.5, 0.6) is 5.75 Å². The molecule has 0 radical (unpaired) electrons. The lowest BCUT2D eigenvalue weighted by atomic mass is 10.1. The summed E-state index contributed by atoms with van der Waals surface area (Å²) in [6.07, 6.45) is 3.75. The Kier molecular flexibility index (Phi) is 7.42. The Balaban J connectivity index is 1.37. The van der Waals surface area contributed by atoms with E-state index >= 15 is 0 Å². The molecule has 0 spiro atoms. The largest absolute Gasteiger partial charge is 0.496 e. The van der Waals surface area contributed by atoms with E-state index in [9.17, 15) is 9.59 Å². The molecule has 2 amide bonds. The lowest BCUT2D eigenvalue weighted by Gasteiger charge is -2.21. The van der Waals surface area contributed by atoms with Crippen molar-refractivity contribution in [2.75, 3.05) is 13.7 Å². The third kappa shape index (κ3) is 6.70. The Hall–Kier alpha value is -3.58. The molecule has 7 nitrogen and oxygen atoms in total. The quantitative estimate of drug-likeness (QED) is 0.470. The standard InChI is InChI=1S/C26H29N3O4/c1-32-24-7-3-2-5-21(24)15-27-25(30)18-29(17-23-6-4-14-33-23)16-19-8-10-20(11-9-19)26(31)28-22-12-13-22/h2-11,14,22H,12-13,15-18H2,1H3,(H,27,30)(H,28,31). The van der Waals surface area contributed by atoms with Crippen LogP contribution >= 0.6 is 0 Å². The highest BCUT2D eigenvalue weighted by Gasteiger charge is 2.23. The van der Waals surface area contributed by atoms with E-state index in [0.717, 1.165) is 35.5 Å². The summed E-state index contributed by atoms with van der Waals surface area (Å²) in [5.74, 6) is 1.41. The van der Waals surface area contributed by atoms with E-state index in [1.165, 1.54) is 0 Å². The summed E-state index contributed by atoms with van der Waals surface area (Å²) in [6.45, 7) is 1.65. The number of para-hydroxylation sites is 1. The van der Waals surface area contributed by atoms with Gasteiger partial charge in [-0.2, -0.15) is 0 Å². The second-order valence-corrected chi connectivity index (χ2v) is 8.26. The topological polar surface area (TPSA) is 83.8 Å². The summed E-state index contributed by atoms with van der Waals surface area (Å²) < 4.78 is 10.8. The predicted octanol–water partition coefficient (Wildman–Crippen LogP) is 3.50. The van der Waals surface area contributed by atoms with Crippen molar-refractivity contribution >= 4 is 11.8 Å². The minimum atomic E-state index is -0.0899. The smallest absolute Gasteiger partial charge is 0.251 e. The lowest BCUT2D eigenvalue weighted by Crippen LogP contribution is -2.36. The molecule has 0 unspecified atom stereocenters. The first-order chi connectivity index (χ1) is 16.1. The fourth-order valence-corrected chi connectivity index (χ4v) is 3.61. The van der Waals surface area contributed by atoms with Gasteiger partial charge in [-0.05, 0) is 48.7 Å². The van der Waals surface area contributed by atoms with Crippen LogP contribution in [-0.4, -0.2) is 36.4 Å². The van der Waals surface area contributed by atoms with Crippen LogP contribution in [0.4, 0.5) is 0 Å². The van der Waals surface area contributed by atoms with Gasteiger partial charge < -0.3 is 19.8 Å². The average molecular weight is 448 g/mol. The van der Waals surface area contributed by atoms with E-state index in [1.54, 1.807) is 13.4 Å². The van der Waals surface area contributed by atoms with Crippen molar-refractivity contribution in [1.82, 2.24) is 15.5 Å². The normalized spacial score (nSPS) is 13.0. The zero-order valence-electron chi connectivity index (χ0n) is 18.8. The van der Waals surface area contributed by atoms with Crippen molar-refractivity contribution in [2.24, 2.45) is 0 Å². The molecule has 0 bridgehead atoms. The van der Waals surface area contributed by atoms with Gasteiger partial charge in [0.05, 0.1) is 26.5 Å². The minimum absolute atomic E-state index is 0.0350. The number of furan rings is 1. The van der Waals surface area contributed by atoms with Crippen LogP contribution in [0, 0.1) is 0 Å². The molecule has 33 heavy (non-hydrogen) atoms. The highest BCUT2D eigenvalue weighted by molar-refractivity contribution is 5.94. The fraction of sp³-hybridized carbons (Fsp3) is 0.308. The van der Waals surface area contributed by atoms with Crippen LogP contribution in [0.2, 0.25) is 0 Å². The molecule has 2 N–H and O–H groups in total. The summed E-state index contributed by atoms with van der Waals surface area (Å²) in [4.78, 5) is 27.0. The highest BCUT2D eigenvalue weighted by atomic mass is 16.5. The van der Waals surface area contributed by atoms with Gasteiger partial charge in [0, 0.05) is 30.3 Å². The number of carbonyl (C=O) groups excluding carboxylic acids is 2. The zero-order chi connectivity index (χ0) is 23.0. The maximum absolute atomic E-state index is 12.7. The van der Waals surface area contributed by atoms with Crippen molar-refractivity contribution in [3.05, 3.63) is 89.4 Å². The number of amides is 2. The van der Waals surface area contributed by atoms with Crippen LogP contribution in [-0.2, 0) is 24.4 Å². The number of benzene rings is 2. The lowest BCUT2D eigenvalue weighted by molar-refractivity contribution is -0.122. The monoisotopic (exact) mass is 447 g/mol. The van der Waals surface area contributed by atoms with Gasteiger partial charge in [-0.1, -0.05) is 30.3 Å². The Labute approximate surface area is 193 Å². The number of hydrogen-bond donors (Lipinski definition) is 2. The predicted molar refractivity (Wildman–Crippen MR) is 125 cm³/mol. The van der Waals surface area contributed by atoms with Crippen molar-refractivity contribution < 1.29 is 18.7 Å². The van der Waals surface area contributed by atoms with Gasteiger partial charge in [-0.25, -0.2) is 0 Å². The van der Waals surface area contributed by atoms with Gasteiger partial charge >= 0.3 is 0 Å². The van der Waals surface area contributed by atoms with E-state index in [2.05, 4.69) is 10.6 Å². The third-order valence-corrected chi connectivity index (χ3v) is 5.53. The van der Waals surface area contributed by atoms with Crippen molar-refractivity contribution in [3.8, 4) is 5.75 Å². The molecule has 3 aromatic rings. The van der Waals surface area contributed by atoms with Gasteiger partial charge in [0.25, 0.3) is 5.91 Å². The Morgan fingerprint density at radius 2 is 1.82 bits per heavy atom. The second-order valence-electron chi connectivity index (χ2n) is 8.26. The highest BCUT2D eigenvalue weighted by Crippen LogP contribution is 2.20. The maximum atomic E-state index is 12.7. The fourth-order valence-electron chi connectivity index (χ4n) is 3.61. The van der Waals surface area contributed by atoms with Gasteiger partial charge in [0.2, 0.25) is 5.91 Å². The first-order valence-corrected chi connectivity index (χ1v) is 11.1. The van der Waals surface area contributed by atoms with Gasteiger partial charge in [-0.3, -0.25) is 14.5 Å². The van der Waals surface area contributed by atoms with E-state index in [0.29, 0.717) is 31.2 Å². The van der Waals surface area contributed by atoms with Crippen LogP contribution < -0.4 is 15.4 Å². The van der Waals surface area contributed by atoms with Crippen LogP contribution in [0.15, 0.2) is 71.3 Å². The van der Waals surface area contributed by atoms with E-state index < -0.39 is 0 Å². The molecule has 1 aliphatic carbocycles. The summed E-state index contributed by atoms with van der Waals surface area (Å²) >= 11 is 0. The average Bonchev–Trinajstić information content (AvgIpc) is 3.49. The van der Waals surface area contributed by atoms with Gasteiger partial charge in [-0.15, -0.1) is 0 Å². The summed E-state index contributed by atoms with van der Waals surface area (Å²) in [7, 11) is 1.62. The molecular formula is C26H29N3O4. The maximum Gasteiger partial charge on any atom is 0.251 e. The van der Waals surface area contributed by atoms with Gasteiger partial charge in [0.1, 0.15) is 11.5 Å². The Morgan fingerprint density at radius 3 is 2.52 bits per heavy atom. The summed E-state index contributed by atoms with van der Waals surface area (Å²) in [6, 6.07) is 19.2. The zero-order valence-corrected chi connectivity index (χ0v) is 18.8. The molecule has 1 aliphatic rings. The molecule has 4 rings (SSSR count). The van der Waals surface area contributed by atoms with Crippen molar-refractivity contribution in [2.45, 2.75) is 38.5 Å². The van der Waals surface area contributed by atoms with Gasteiger partial charge in [0.15, 0.2) is 0 Å². The molecule has 7 heteroatoms. The number of hydrogen-bond acceptors (Lipinski definition) is 5. The van der Waals surface area contributed by atoms with Crippen molar-refractivity contribution in [1.29, 1.82) is 0 Å². The summed E-state index contributed by atoms with van der Waals surface area (Å²) in [5, 5.41) is 5.97. The molecule has 0 aliphatic heterocycles. The Bertz CT molecular complexity index is 1060.